The SMILES string of the molecule is c1cc2c3c(c1)Nc1cccc4c1N3c1c(cccc1S4)N2. The number of benzene rings is 3. The van der Waals surface area contributed by atoms with Gasteiger partial charge in [0.2, 0.25) is 0 Å². The van der Waals surface area contributed by atoms with Gasteiger partial charge in [0.25, 0.3) is 0 Å². The van der Waals surface area contributed by atoms with Crippen molar-refractivity contribution in [3.05, 3.63) is 54.6 Å². The van der Waals surface area contributed by atoms with Gasteiger partial charge in [-0.05, 0) is 36.4 Å². The Balaban J connectivity index is 1.80. The molecule has 104 valence electrons. The summed E-state index contributed by atoms with van der Waals surface area (Å²) in [5.41, 5.74) is 8.43. The molecule has 0 saturated carbocycles. The van der Waals surface area contributed by atoms with Crippen molar-refractivity contribution in [2.45, 2.75) is 9.79 Å². The van der Waals surface area contributed by atoms with Crippen LogP contribution >= 0.6 is 11.8 Å². The lowest BCUT2D eigenvalue weighted by Gasteiger charge is -2.43. The molecule has 2 N–H and O–H groups in total. The lowest BCUT2D eigenvalue weighted by molar-refractivity contribution is 1.13. The van der Waals surface area contributed by atoms with Crippen LogP contribution in [0.2, 0.25) is 0 Å². The van der Waals surface area contributed by atoms with Crippen molar-refractivity contribution >= 4 is 51.6 Å². The summed E-state index contributed by atoms with van der Waals surface area (Å²) in [6, 6.07) is 19.4. The highest BCUT2D eigenvalue weighted by Crippen LogP contribution is 2.63. The van der Waals surface area contributed by atoms with Gasteiger partial charge in [-0.3, -0.25) is 0 Å². The molecule has 3 aromatic rings. The van der Waals surface area contributed by atoms with Crippen molar-refractivity contribution in [2.24, 2.45) is 0 Å². The molecule has 3 aromatic carbocycles. The zero-order chi connectivity index (χ0) is 14.3. The molecular weight excluding hydrogens is 290 g/mol. The summed E-state index contributed by atoms with van der Waals surface area (Å²) in [5, 5.41) is 7.17. The van der Waals surface area contributed by atoms with Gasteiger partial charge in [0, 0.05) is 9.79 Å². The van der Waals surface area contributed by atoms with Crippen LogP contribution in [-0.2, 0) is 0 Å². The third-order valence-corrected chi connectivity index (χ3v) is 5.56. The van der Waals surface area contributed by atoms with Crippen LogP contribution in [0.1, 0.15) is 0 Å². The Morgan fingerprint density at radius 1 is 0.591 bits per heavy atom. The number of rotatable bonds is 0. The molecular formula is C18H11N3S. The van der Waals surface area contributed by atoms with E-state index in [0.29, 0.717) is 0 Å². The van der Waals surface area contributed by atoms with Crippen molar-refractivity contribution in [3.63, 3.8) is 0 Å². The van der Waals surface area contributed by atoms with Crippen molar-refractivity contribution in [1.82, 2.24) is 0 Å². The first-order valence-electron chi connectivity index (χ1n) is 7.31. The molecule has 0 bridgehead atoms. The maximum absolute atomic E-state index is 3.59. The van der Waals surface area contributed by atoms with Gasteiger partial charge in [-0.25, -0.2) is 0 Å². The number of nitrogens with zero attached hydrogens (tertiary/aromatic N) is 1. The summed E-state index contributed by atoms with van der Waals surface area (Å²) < 4.78 is 0. The molecule has 0 saturated heterocycles. The normalized spacial score (nSPS) is 14.8. The fraction of sp³-hybridized carbons (Fsp3) is 0. The van der Waals surface area contributed by atoms with Gasteiger partial charge in [-0.15, -0.1) is 0 Å². The minimum atomic E-state index is 1.15. The molecule has 0 unspecified atom stereocenters. The molecule has 6 rings (SSSR count). The van der Waals surface area contributed by atoms with Crippen molar-refractivity contribution < 1.29 is 0 Å². The van der Waals surface area contributed by atoms with E-state index in [-0.39, 0.29) is 0 Å². The zero-order valence-electron chi connectivity index (χ0n) is 11.6. The smallest absolute Gasteiger partial charge is 0.0937 e. The number of hydrogen-bond acceptors (Lipinski definition) is 4. The number of para-hydroxylation sites is 3. The van der Waals surface area contributed by atoms with E-state index in [0.717, 1.165) is 11.4 Å². The van der Waals surface area contributed by atoms with E-state index in [1.165, 1.54) is 38.2 Å². The standard InChI is InChI=1S/C18H11N3S/c1-4-10-16-11(5-1)20-13-7-3-9-15-18(13)21(16)17-12(19-10)6-2-8-14(17)22-15/h1-9,19-20H. The lowest BCUT2D eigenvalue weighted by Crippen LogP contribution is -2.25. The summed E-state index contributed by atoms with van der Waals surface area (Å²) in [4.78, 5) is 5.03. The Morgan fingerprint density at radius 3 is 1.59 bits per heavy atom. The molecule has 3 aliphatic heterocycles. The van der Waals surface area contributed by atoms with E-state index in [4.69, 9.17) is 0 Å². The van der Waals surface area contributed by atoms with Crippen LogP contribution in [0, 0.1) is 0 Å². The average Bonchev–Trinajstić information content (AvgIpc) is 2.55. The largest absolute Gasteiger partial charge is 0.352 e. The topological polar surface area (TPSA) is 27.3 Å². The molecule has 0 atom stereocenters. The predicted molar refractivity (Wildman–Crippen MR) is 91.8 cm³/mol. The number of nitrogens with one attached hydrogen (secondary N) is 2. The molecule has 0 radical (unpaired) electrons. The Morgan fingerprint density at radius 2 is 1.05 bits per heavy atom. The quantitative estimate of drug-likeness (QED) is 0.374. The highest BCUT2D eigenvalue weighted by molar-refractivity contribution is 7.99. The van der Waals surface area contributed by atoms with E-state index in [9.17, 15) is 0 Å². The maximum atomic E-state index is 3.59. The minimum Gasteiger partial charge on any atom is -0.352 e. The van der Waals surface area contributed by atoms with Crippen LogP contribution in [-0.4, -0.2) is 0 Å². The Bertz CT molecular complexity index is 792. The second-order valence-electron chi connectivity index (χ2n) is 5.69. The maximum Gasteiger partial charge on any atom is 0.0937 e. The zero-order valence-corrected chi connectivity index (χ0v) is 12.4. The molecule has 3 aliphatic rings. The Kier molecular flexibility index (Phi) is 1.80. The Labute approximate surface area is 132 Å². The van der Waals surface area contributed by atoms with Gasteiger partial charge in [-0.2, -0.15) is 0 Å². The third-order valence-electron chi connectivity index (χ3n) is 4.46. The fourth-order valence-corrected chi connectivity index (χ4v) is 4.73. The van der Waals surface area contributed by atoms with E-state index >= 15 is 0 Å². The molecule has 0 aliphatic carbocycles. The summed E-state index contributed by atoms with van der Waals surface area (Å²) in [5.74, 6) is 0. The fourth-order valence-electron chi connectivity index (χ4n) is 3.60. The second kappa shape index (κ2) is 3.59. The van der Waals surface area contributed by atoms with Crippen LogP contribution in [0.5, 0.6) is 0 Å². The molecule has 22 heavy (non-hydrogen) atoms. The average molecular weight is 301 g/mol. The minimum absolute atomic E-state index is 1.15. The monoisotopic (exact) mass is 301 g/mol. The van der Waals surface area contributed by atoms with E-state index in [1.54, 1.807) is 0 Å². The first-order valence-corrected chi connectivity index (χ1v) is 8.13. The van der Waals surface area contributed by atoms with E-state index in [2.05, 4.69) is 70.1 Å². The number of hydrogen-bond donors (Lipinski definition) is 2. The van der Waals surface area contributed by atoms with Crippen LogP contribution in [0.15, 0.2) is 64.4 Å². The van der Waals surface area contributed by atoms with Gasteiger partial charge >= 0.3 is 0 Å². The molecule has 3 heterocycles. The van der Waals surface area contributed by atoms with Crippen molar-refractivity contribution in [3.8, 4) is 0 Å². The van der Waals surface area contributed by atoms with E-state index in [1.807, 2.05) is 11.8 Å². The summed E-state index contributed by atoms with van der Waals surface area (Å²) >= 11 is 1.85. The summed E-state index contributed by atoms with van der Waals surface area (Å²) in [6.07, 6.45) is 0. The first-order chi connectivity index (χ1) is 10.9. The summed E-state index contributed by atoms with van der Waals surface area (Å²) in [7, 11) is 0. The molecule has 0 spiro atoms. The molecule has 4 heteroatoms. The lowest BCUT2D eigenvalue weighted by atomic mass is 10.0. The van der Waals surface area contributed by atoms with Gasteiger partial charge in [0.05, 0.1) is 39.8 Å². The van der Waals surface area contributed by atoms with Crippen molar-refractivity contribution in [1.29, 1.82) is 0 Å². The second-order valence-corrected chi connectivity index (χ2v) is 6.78. The number of anilines is 7. The van der Waals surface area contributed by atoms with Crippen LogP contribution in [0.3, 0.4) is 0 Å². The van der Waals surface area contributed by atoms with Gasteiger partial charge in [0.1, 0.15) is 0 Å². The molecule has 0 fully saturated rings. The third kappa shape index (κ3) is 1.17. The molecule has 0 amide bonds. The van der Waals surface area contributed by atoms with Gasteiger partial charge in [-0.1, -0.05) is 30.0 Å². The van der Waals surface area contributed by atoms with E-state index < -0.39 is 0 Å². The van der Waals surface area contributed by atoms with Gasteiger partial charge < -0.3 is 15.5 Å². The van der Waals surface area contributed by atoms with Crippen LogP contribution in [0.4, 0.5) is 39.8 Å². The molecule has 3 nitrogen and oxygen atoms in total. The highest BCUT2D eigenvalue weighted by Gasteiger charge is 2.37. The van der Waals surface area contributed by atoms with Crippen LogP contribution in [0.25, 0.3) is 0 Å². The van der Waals surface area contributed by atoms with Crippen molar-refractivity contribution in [2.75, 3.05) is 15.5 Å². The first kappa shape index (κ1) is 11.0. The summed E-state index contributed by atoms with van der Waals surface area (Å²) in [6.45, 7) is 0. The highest BCUT2D eigenvalue weighted by atomic mass is 32.2. The Hall–Kier alpha value is -2.59. The van der Waals surface area contributed by atoms with Crippen LogP contribution < -0.4 is 15.5 Å². The molecule has 0 aromatic heterocycles. The van der Waals surface area contributed by atoms with Gasteiger partial charge in [0.15, 0.2) is 0 Å². The predicted octanol–water partition coefficient (Wildman–Crippen LogP) is 5.74.